The number of aliphatic imine (C=N–C) groups is 1. The van der Waals surface area contributed by atoms with Crippen molar-refractivity contribution in [1.82, 2.24) is 5.32 Å². The van der Waals surface area contributed by atoms with Crippen LogP contribution >= 0.6 is 0 Å². The van der Waals surface area contributed by atoms with Crippen molar-refractivity contribution in [3.05, 3.63) is 35.4 Å². The minimum atomic E-state index is -4.36. The summed E-state index contributed by atoms with van der Waals surface area (Å²) >= 11 is 0. The SMILES string of the molecule is NC(=NCc1ccccc1C(F)(F)F)NC1CC1. The maximum Gasteiger partial charge on any atom is 0.416 e. The average Bonchev–Trinajstić information content (AvgIpc) is 3.09. The quantitative estimate of drug-likeness (QED) is 0.644. The number of alkyl halides is 3. The monoisotopic (exact) mass is 257 g/mol. The Morgan fingerprint density at radius 3 is 2.61 bits per heavy atom. The van der Waals surface area contributed by atoms with Crippen molar-refractivity contribution >= 4 is 5.96 Å². The lowest BCUT2D eigenvalue weighted by molar-refractivity contribution is -0.138. The van der Waals surface area contributed by atoms with Gasteiger partial charge in [-0.05, 0) is 24.5 Å². The molecular weight excluding hydrogens is 243 g/mol. The molecular formula is C12H14F3N3. The number of nitrogens with one attached hydrogen (secondary N) is 1. The lowest BCUT2D eigenvalue weighted by Gasteiger charge is -2.11. The third-order valence-electron chi connectivity index (χ3n) is 2.67. The Labute approximate surface area is 103 Å². The van der Waals surface area contributed by atoms with E-state index in [9.17, 15) is 13.2 Å². The Kier molecular flexibility index (Phi) is 3.45. The van der Waals surface area contributed by atoms with Crippen LogP contribution in [0.15, 0.2) is 29.3 Å². The highest BCUT2D eigenvalue weighted by atomic mass is 19.4. The van der Waals surface area contributed by atoms with Gasteiger partial charge in [-0.25, -0.2) is 4.99 Å². The zero-order valence-corrected chi connectivity index (χ0v) is 9.67. The predicted molar refractivity (Wildman–Crippen MR) is 62.9 cm³/mol. The molecule has 1 aliphatic rings. The van der Waals surface area contributed by atoms with Gasteiger partial charge in [-0.2, -0.15) is 13.2 Å². The summed E-state index contributed by atoms with van der Waals surface area (Å²) in [4.78, 5) is 3.93. The number of hydrogen-bond donors (Lipinski definition) is 2. The molecule has 98 valence electrons. The molecule has 1 aromatic carbocycles. The van der Waals surface area contributed by atoms with Crippen molar-refractivity contribution in [2.24, 2.45) is 10.7 Å². The molecule has 0 bridgehead atoms. The molecule has 1 aromatic rings. The van der Waals surface area contributed by atoms with E-state index in [0.717, 1.165) is 18.9 Å². The summed E-state index contributed by atoms with van der Waals surface area (Å²) in [6, 6.07) is 5.73. The molecule has 3 nitrogen and oxygen atoms in total. The van der Waals surface area contributed by atoms with E-state index in [4.69, 9.17) is 5.73 Å². The largest absolute Gasteiger partial charge is 0.416 e. The van der Waals surface area contributed by atoms with Crippen LogP contribution in [0.25, 0.3) is 0 Å². The first-order valence-corrected chi connectivity index (χ1v) is 5.68. The summed E-state index contributed by atoms with van der Waals surface area (Å²) in [7, 11) is 0. The van der Waals surface area contributed by atoms with Crippen LogP contribution in [0.3, 0.4) is 0 Å². The molecule has 1 aliphatic carbocycles. The zero-order valence-electron chi connectivity index (χ0n) is 9.67. The molecule has 0 saturated heterocycles. The van der Waals surface area contributed by atoms with Crippen LogP contribution in [0, 0.1) is 0 Å². The third kappa shape index (κ3) is 3.38. The van der Waals surface area contributed by atoms with Crippen LogP contribution in [0.1, 0.15) is 24.0 Å². The van der Waals surface area contributed by atoms with E-state index in [1.807, 2.05) is 0 Å². The van der Waals surface area contributed by atoms with Crippen LogP contribution < -0.4 is 11.1 Å². The summed E-state index contributed by atoms with van der Waals surface area (Å²) in [6.45, 7) is -0.0682. The van der Waals surface area contributed by atoms with E-state index in [0.29, 0.717) is 6.04 Å². The predicted octanol–water partition coefficient (Wildman–Crippen LogP) is 2.27. The molecule has 0 spiro atoms. The first-order chi connectivity index (χ1) is 8.47. The zero-order chi connectivity index (χ0) is 13.2. The molecule has 2 rings (SSSR count). The molecule has 0 aromatic heterocycles. The van der Waals surface area contributed by atoms with Gasteiger partial charge in [-0.1, -0.05) is 18.2 Å². The summed E-state index contributed by atoms with van der Waals surface area (Å²) < 4.78 is 38.1. The van der Waals surface area contributed by atoms with Gasteiger partial charge in [0, 0.05) is 6.04 Å². The molecule has 1 fully saturated rings. The second-order valence-electron chi connectivity index (χ2n) is 4.27. The van der Waals surface area contributed by atoms with E-state index in [1.54, 1.807) is 6.07 Å². The summed E-state index contributed by atoms with van der Waals surface area (Å²) in [5.41, 5.74) is 5.05. The van der Waals surface area contributed by atoms with Gasteiger partial charge >= 0.3 is 6.18 Å². The van der Waals surface area contributed by atoms with Crippen LogP contribution in [-0.4, -0.2) is 12.0 Å². The highest BCUT2D eigenvalue weighted by molar-refractivity contribution is 5.78. The van der Waals surface area contributed by atoms with Crippen LogP contribution in [0.4, 0.5) is 13.2 Å². The minimum absolute atomic E-state index is 0.0682. The minimum Gasteiger partial charge on any atom is -0.370 e. The Bertz CT molecular complexity index is 450. The van der Waals surface area contributed by atoms with Crippen molar-refractivity contribution in [3.63, 3.8) is 0 Å². The fraction of sp³-hybridized carbons (Fsp3) is 0.417. The first kappa shape index (κ1) is 12.7. The smallest absolute Gasteiger partial charge is 0.370 e. The van der Waals surface area contributed by atoms with E-state index < -0.39 is 11.7 Å². The van der Waals surface area contributed by atoms with E-state index >= 15 is 0 Å². The van der Waals surface area contributed by atoms with Gasteiger partial charge in [0.05, 0.1) is 12.1 Å². The molecule has 0 radical (unpaired) electrons. The highest BCUT2D eigenvalue weighted by Crippen LogP contribution is 2.32. The van der Waals surface area contributed by atoms with Gasteiger partial charge in [0.15, 0.2) is 5.96 Å². The summed E-state index contributed by atoms with van der Waals surface area (Å²) in [6.07, 6.45) is -2.28. The summed E-state index contributed by atoms with van der Waals surface area (Å²) in [5.74, 6) is 0.203. The van der Waals surface area contributed by atoms with Gasteiger partial charge in [0.1, 0.15) is 0 Å². The number of guanidine groups is 1. The molecule has 1 saturated carbocycles. The fourth-order valence-electron chi connectivity index (χ4n) is 1.59. The van der Waals surface area contributed by atoms with Gasteiger partial charge in [-0.15, -0.1) is 0 Å². The Morgan fingerprint density at radius 1 is 1.33 bits per heavy atom. The Hall–Kier alpha value is -1.72. The molecule has 0 atom stereocenters. The molecule has 0 unspecified atom stereocenters. The number of hydrogen-bond acceptors (Lipinski definition) is 1. The topological polar surface area (TPSA) is 50.4 Å². The number of rotatable bonds is 3. The normalized spacial score (nSPS) is 16.7. The van der Waals surface area contributed by atoms with E-state index in [1.165, 1.54) is 12.1 Å². The van der Waals surface area contributed by atoms with Gasteiger partial charge in [0.25, 0.3) is 0 Å². The van der Waals surface area contributed by atoms with Crippen LogP contribution in [0.2, 0.25) is 0 Å². The number of benzene rings is 1. The third-order valence-corrected chi connectivity index (χ3v) is 2.67. The number of halogens is 3. The maximum absolute atomic E-state index is 12.7. The van der Waals surface area contributed by atoms with Crippen molar-refractivity contribution in [1.29, 1.82) is 0 Å². The molecule has 0 heterocycles. The summed E-state index contributed by atoms with van der Waals surface area (Å²) in [5, 5.41) is 2.93. The van der Waals surface area contributed by atoms with E-state index in [2.05, 4.69) is 10.3 Å². The van der Waals surface area contributed by atoms with Gasteiger partial charge in [0.2, 0.25) is 0 Å². The average molecular weight is 257 g/mol. The van der Waals surface area contributed by atoms with E-state index in [-0.39, 0.29) is 18.1 Å². The molecule has 0 aliphatic heterocycles. The number of nitrogens with zero attached hydrogens (tertiary/aromatic N) is 1. The lowest BCUT2D eigenvalue weighted by Crippen LogP contribution is -2.33. The fourth-order valence-corrected chi connectivity index (χ4v) is 1.59. The number of nitrogens with two attached hydrogens (primary N) is 1. The molecule has 18 heavy (non-hydrogen) atoms. The van der Waals surface area contributed by atoms with Gasteiger partial charge in [-0.3, -0.25) is 0 Å². The van der Waals surface area contributed by atoms with Crippen molar-refractivity contribution < 1.29 is 13.2 Å². The Balaban J connectivity index is 2.08. The van der Waals surface area contributed by atoms with Crippen molar-refractivity contribution in [2.75, 3.05) is 0 Å². The lowest BCUT2D eigenvalue weighted by atomic mass is 10.1. The molecule has 6 heteroatoms. The van der Waals surface area contributed by atoms with Crippen LogP contribution in [0.5, 0.6) is 0 Å². The maximum atomic E-state index is 12.7. The van der Waals surface area contributed by atoms with Crippen molar-refractivity contribution in [2.45, 2.75) is 31.6 Å². The molecule has 0 amide bonds. The standard InChI is InChI=1S/C12H14F3N3/c13-12(14,15)10-4-2-1-3-8(10)7-17-11(16)18-9-5-6-9/h1-4,9H,5-7H2,(H3,16,17,18). The first-order valence-electron chi connectivity index (χ1n) is 5.68. The second kappa shape index (κ2) is 4.88. The van der Waals surface area contributed by atoms with Crippen molar-refractivity contribution in [3.8, 4) is 0 Å². The second-order valence-corrected chi connectivity index (χ2v) is 4.27. The Morgan fingerprint density at radius 2 is 2.00 bits per heavy atom. The van der Waals surface area contributed by atoms with Gasteiger partial charge < -0.3 is 11.1 Å². The van der Waals surface area contributed by atoms with Crippen LogP contribution in [-0.2, 0) is 12.7 Å². The molecule has 3 N–H and O–H groups in total. The highest BCUT2D eigenvalue weighted by Gasteiger charge is 2.32.